The van der Waals surface area contributed by atoms with Gasteiger partial charge in [-0.25, -0.2) is 0 Å². The average Bonchev–Trinajstić information content (AvgIpc) is 2.55. The molecule has 0 aliphatic carbocycles. The van der Waals surface area contributed by atoms with Gasteiger partial charge in [-0.3, -0.25) is 0 Å². The van der Waals surface area contributed by atoms with E-state index in [2.05, 4.69) is 41.0 Å². The van der Waals surface area contributed by atoms with Crippen LogP contribution in [0, 0.1) is 3.57 Å². The maximum Gasteiger partial charge on any atom is 0.0608 e. The third-order valence-electron chi connectivity index (χ3n) is 1.76. The van der Waals surface area contributed by atoms with E-state index in [-0.39, 0.29) is 0 Å². The molecule has 0 nitrogen and oxygen atoms in total. The summed E-state index contributed by atoms with van der Waals surface area (Å²) >= 11 is 11.9. The lowest BCUT2D eigenvalue weighted by atomic mass is 10.3. The molecule has 2 rings (SSSR count). The Kier molecular flexibility index (Phi) is 3.07. The minimum atomic E-state index is 0.850. The van der Waals surface area contributed by atoms with Crippen LogP contribution in [0.15, 0.2) is 22.4 Å². The lowest BCUT2D eigenvalue weighted by molar-refractivity contribution is 1.74. The van der Waals surface area contributed by atoms with Gasteiger partial charge in [0.2, 0.25) is 0 Å². The highest BCUT2D eigenvalue weighted by molar-refractivity contribution is 14.1. The Balaban J connectivity index is 2.76. The molecular formula is C9H6ClIS2. The van der Waals surface area contributed by atoms with Gasteiger partial charge in [0.25, 0.3) is 0 Å². The minimum absolute atomic E-state index is 0.850. The molecule has 1 aromatic heterocycles. The van der Waals surface area contributed by atoms with E-state index in [1.165, 1.54) is 17.9 Å². The lowest BCUT2D eigenvalue weighted by Gasteiger charge is -1.95. The highest BCUT2D eigenvalue weighted by Crippen LogP contribution is 2.37. The number of rotatable bonds is 1. The quantitative estimate of drug-likeness (QED) is 0.526. The molecule has 0 atom stereocenters. The lowest BCUT2D eigenvalue weighted by Crippen LogP contribution is -1.72. The SMILES string of the molecule is CSc1cc2ccc(Cl)c(I)c2s1. The van der Waals surface area contributed by atoms with Gasteiger partial charge in [0.15, 0.2) is 0 Å². The second-order valence-electron chi connectivity index (χ2n) is 2.55. The van der Waals surface area contributed by atoms with E-state index >= 15 is 0 Å². The number of thioether (sulfide) groups is 1. The zero-order chi connectivity index (χ0) is 9.42. The van der Waals surface area contributed by atoms with E-state index in [9.17, 15) is 0 Å². The molecule has 68 valence electrons. The van der Waals surface area contributed by atoms with Crippen LogP contribution in [0.25, 0.3) is 10.1 Å². The van der Waals surface area contributed by atoms with E-state index in [0.29, 0.717) is 0 Å². The second kappa shape index (κ2) is 3.96. The first kappa shape index (κ1) is 10.1. The van der Waals surface area contributed by atoms with Crippen LogP contribution in [-0.2, 0) is 0 Å². The maximum absolute atomic E-state index is 6.03. The molecule has 0 saturated carbocycles. The van der Waals surface area contributed by atoms with Crippen LogP contribution in [0.5, 0.6) is 0 Å². The van der Waals surface area contributed by atoms with Crippen LogP contribution in [0.2, 0.25) is 5.02 Å². The van der Waals surface area contributed by atoms with E-state index in [4.69, 9.17) is 11.6 Å². The summed E-state index contributed by atoms with van der Waals surface area (Å²) in [6.07, 6.45) is 2.10. The zero-order valence-corrected chi connectivity index (χ0v) is 11.4. The van der Waals surface area contributed by atoms with E-state index < -0.39 is 0 Å². The van der Waals surface area contributed by atoms with Crippen LogP contribution >= 0.6 is 57.3 Å². The van der Waals surface area contributed by atoms with Crippen LogP contribution in [-0.4, -0.2) is 6.26 Å². The Labute approximate surface area is 104 Å². The number of thiophene rings is 1. The van der Waals surface area contributed by atoms with Gasteiger partial charge in [-0.05, 0) is 46.4 Å². The molecule has 1 heterocycles. The Morgan fingerprint density at radius 1 is 1.46 bits per heavy atom. The molecule has 0 fully saturated rings. The standard InChI is InChI=1S/C9H6ClIS2/c1-12-7-4-5-2-3-6(10)8(11)9(5)13-7/h2-4H,1H3. The summed E-state index contributed by atoms with van der Waals surface area (Å²) in [7, 11) is 0. The monoisotopic (exact) mass is 340 g/mol. The highest BCUT2D eigenvalue weighted by atomic mass is 127. The molecule has 4 heteroatoms. The predicted octanol–water partition coefficient (Wildman–Crippen LogP) is 4.88. The molecule has 1 aromatic carbocycles. The van der Waals surface area contributed by atoms with Gasteiger partial charge in [0.05, 0.1) is 13.9 Å². The average molecular weight is 341 g/mol. The van der Waals surface area contributed by atoms with Crippen molar-refractivity contribution >= 4 is 67.4 Å². The van der Waals surface area contributed by atoms with Crippen molar-refractivity contribution in [3.63, 3.8) is 0 Å². The van der Waals surface area contributed by atoms with Crippen LogP contribution in [0.1, 0.15) is 0 Å². The first-order valence-corrected chi connectivity index (χ1v) is 7.13. The Morgan fingerprint density at radius 3 is 2.92 bits per heavy atom. The Hall–Kier alpha value is 0.550. The third kappa shape index (κ3) is 1.84. The fraction of sp³-hybridized carbons (Fsp3) is 0.111. The maximum atomic E-state index is 6.03. The number of benzene rings is 1. The van der Waals surface area contributed by atoms with E-state index in [1.807, 2.05) is 17.4 Å². The third-order valence-corrected chi connectivity index (χ3v) is 6.11. The fourth-order valence-electron chi connectivity index (χ4n) is 1.12. The van der Waals surface area contributed by atoms with Gasteiger partial charge in [0, 0.05) is 3.57 Å². The Morgan fingerprint density at radius 2 is 2.23 bits per heavy atom. The molecule has 0 radical (unpaired) electrons. The van der Waals surface area contributed by atoms with Gasteiger partial charge >= 0.3 is 0 Å². The molecule has 0 saturated heterocycles. The molecule has 0 aliphatic heterocycles. The molecule has 0 amide bonds. The number of halogens is 2. The van der Waals surface area contributed by atoms with Crippen molar-refractivity contribution in [1.29, 1.82) is 0 Å². The minimum Gasteiger partial charge on any atom is -0.128 e. The smallest absolute Gasteiger partial charge is 0.0608 e. The van der Waals surface area contributed by atoms with Gasteiger partial charge < -0.3 is 0 Å². The molecule has 0 bridgehead atoms. The topological polar surface area (TPSA) is 0 Å². The molecular weight excluding hydrogens is 335 g/mol. The summed E-state index contributed by atoms with van der Waals surface area (Å²) < 4.78 is 3.81. The van der Waals surface area contributed by atoms with E-state index in [1.54, 1.807) is 11.8 Å². The van der Waals surface area contributed by atoms with Crippen LogP contribution in [0.3, 0.4) is 0 Å². The molecule has 0 N–H and O–H groups in total. The normalized spacial score (nSPS) is 11.0. The molecule has 2 aromatic rings. The summed E-state index contributed by atoms with van der Waals surface area (Å²) in [5.74, 6) is 0. The van der Waals surface area contributed by atoms with Gasteiger partial charge in [0.1, 0.15) is 0 Å². The molecule has 0 unspecified atom stereocenters. The zero-order valence-electron chi connectivity index (χ0n) is 6.80. The number of fused-ring (bicyclic) bond motifs is 1. The largest absolute Gasteiger partial charge is 0.128 e. The van der Waals surface area contributed by atoms with Crippen molar-refractivity contribution in [3.05, 3.63) is 26.8 Å². The summed E-state index contributed by atoms with van der Waals surface area (Å²) in [6.45, 7) is 0. The first-order valence-electron chi connectivity index (χ1n) is 3.64. The molecule has 13 heavy (non-hydrogen) atoms. The Bertz CT molecular complexity index is 450. The molecule has 0 aliphatic rings. The first-order chi connectivity index (χ1) is 6.22. The van der Waals surface area contributed by atoms with Crippen molar-refractivity contribution in [2.45, 2.75) is 4.21 Å². The van der Waals surface area contributed by atoms with Gasteiger partial charge in [-0.15, -0.1) is 23.1 Å². The van der Waals surface area contributed by atoms with Gasteiger partial charge in [-0.1, -0.05) is 17.7 Å². The predicted molar refractivity (Wildman–Crippen MR) is 71.3 cm³/mol. The highest BCUT2D eigenvalue weighted by Gasteiger charge is 2.06. The van der Waals surface area contributed by atoms with Crippen molar-refractivity contribution in [1.82, 2.24) is 0 Å². The van der Waals surface area contributed by atoms with Crippen LogP contribution in [0.4, 0.5) is 0 Å². The van der Waals surface area contributed by atoms with Crippen molar-refractivity contribution < 1.29 is 0 Å². The van der Waals surface area contributed by atoms with Gasteiger partial charge in [-0.2, -0.15) is 0 Å². The van der Waals surface area contributed by atoms with Crippen molar-refractivity contribution in [2.24, 2.45) is 0 Å². The summed E-state index contributed by atoms with van der Waals surface area (Å²) in [4.78, 5) is 0. The second-order valence-corrected chi connectivity index (χ2v) is 6.19. The number of hydrogen-bond acceptors (Lipinski definition) is 2. The summed E-state index contributed by atoms with van der Waals surface area (Å²) in [6, 6.07) is 6.25. The summed E-state index contributed by atoms with van der Waals surface area (Å²) in [5.41, 5.74) is 0. The van der Waals surface area contributed by atoms with Crippen LogP contribution < -0.4 is 0 Å². The number of hydrogen-bond donors (Lipinski definition) is 0. The van der Waals surface area contributed by atoms with Crippen molar-refractivity contribution in [3.8, 4) is 0 Å². The fourth-order valence-corrected chi connectivity index (χ4v) is 3.82. The van der Waals surface area contributed by atoms with Crippen molar-refractivity contribution in [2.75, 3.05) is 6.26 Å². The summed E-state index contributed by atoms with van der Waals surface area (Å²) in [5, 5.41) is 2.14. The van der Waals surface area contributed by atoms with E-state index in [0.717, 1.165) is 5.02 Å². The molecule has 0 spiro atoms.